The van der Waals surface area contributed by atoms with E-state index in [1.165, 1.54) is 5.56 Å². The summed E-state index contributed by atoms with van der Waals surface area (Å²) < 4.78 is 0. The monoisotopic (exact) mass is 151 g/mol. The van der Waals surface area contributed by atoms with Crippen molar-refractivity contribution in [2.45, 2.75) is 6.54 Å². The van der Waals surface area contributed by atoms with Crippen LogP contribution in [0.15, 0.2) is 24.5 Å². The van der Waals surface area contributed by atoms with Crippen LogP contribution in [0.4, 0.5) is 0 Å². The van der Waals surface area contributed by atoms with E-state index in [0.29, 0.717) is 6.67 Å². The van der Waals surface area contributed by atoms with Crippen LogP contribution in [-0.4, -0.2) is 23.6 Å². The summed E-state index contributed by atoms with van der Waals surface area (Å²) in [6, 6.07) is 3.97. The summed E-state index contributed by atoms with van der Waals surface area (Å²) in [5, 5.41) is 0. The molecule has 0 unspecified atom stereocenters. The van der Waals surface area contributed by atoms with Crippen LogP contribution in [0, 0.1) is 0 Å². The quantitative estimate of drug-likeness (QED) is 0.637. The van der Waals surface area contributed by atoms with E-state index in [4.69, 9.17) is 5.73 Å². The second-order valence-corrected chi connectivity index (χ2v) is 2.56. The fourth-order valence-electron chi connectivity index (χ4n) is 0.868. The maximum atomic E-state index is 5.43. The Hall–Kier alpha value is -0.930. The summed E-state index contributed by atoms with van der Waals surface area (Å²) in [5.41, 5.74) is 6.62. The average molecular weight is 151 g/mol. The van der Waals surface area contributed by atoms with Crippen LogP contribution < -0.4 is 5.73 Å². The Morgan fingerprint density at radius 1 is 1.64 bits per heavy atom. The molecule has 0 spiro atoms. The molecule has 3 nitrogen and oxygen atoms in total. The van der Waals surface area contributed by atoms with Gasteiger partial charge in [-0.1, -0.05) is 6.07 Å². The maximum absolute atomic E-state index is 5.43. The van der Waals surface area contributed by atoms with Crippen LogP contribution in [0.2, 0.25) is 0 Å². The number of nitrogens with two attached hydrogens (primary N) is 1. The van der Waals surface area contributed by atoms with Crippen molar-refractivity contribution in [1.82, 2.24) is 9.88 Å². The average Bonchev–Trinajstić information content (AvgIpc) is 2.06. The first kappa shape index (κ1) is 8.17. The predicted octanol–water partition coefficient (Wildman–Crippen LogP) is 0.430. The van der Waals surface area contributed by atoms with Gasteiger partial charge in [0, 0.05) is 25.6 Å². The highest BCUT2D eigenvalue weighted by molar-refractivity contribution is 5.07. The van der Waals surface area contributed by atoms with E-state index in [9.17, 15) is 0 Å². The molecule has 0 saturated heterocycles. The molecule has 0 fully saturated rings. The minimum Gasteiger partial charge on any atom is -0.318 e. The van der Waals surface area contributed by atoms with E-state index in [1.807, 2.05) is 30.3 Å². The molecule has 1 rings (SSSR count). The summed E-state index contributed by atoms with van der Waals surface area (Å²) in [5.74, 6) is 0. The second kappa shape index (κ2) is 4.05. The molecule has 0 bridgehead atoms. The molecule has 60 valence electrons. The Morgan fingerprint density at radius 3 is 3.00 bits per heavy atom. The summed E-state index contributed by atoms with van der Waals surface area (Å²) in [6.45, 7) is 1.44. The third kappa shape index (κ3) is 2.65. The Kier molecular flexibility index (Phi) is 3.01. The van der Waals surface area contributed by atoms with Crippen LogP contribution in [0.25, 0.3) is 0 Å². The number of hydrogen-bond acceptors (Lipinski definition) is 3. The van der Waals surface area contributed by atoms with E-state index in [-0.39, 0.29) is 0 Å². The first-order valence-electron chi connectivity index (χ1n) is 3.60. The molecule has 0 aliphatic rings. The highest BCUT2D eigenvalue weighted by Crippen LogP contribution is 1.98. The topological polar surface area (TPSA) is 42.1 Å². The van der Waals surface area contributed by atoms with Gasteiger partial charge in [-0.3, -0.25) is 9.88 Å². The molecule has 0 atom stereocenters. The Morgan fingerprint density at radius 2 is 2.45 bits per heavy atom. The van der Waals surface area contributed by atoms with Crippen molar-refractivity contribution in [1.29, 1.82) is 0 Å². The Labute approximate surface area is 66.8 Å². The fourth-order valence-corrected chi connectivity index (χ4v) is 0.868. The van der Waals surface area contributed by atoms with Gasteiger partial charge in [0.1, 0.15) is 0 Å². The maximum Gasteiger partial charge on any atom is 0.0455 e. The molecule has 3 heteroatoms. The van der Waals surface area contributed by atoms with Gasteiger partial charge < -0.3 is 5.73 Å². The van der Waals surface area contributed by atoms with Crippen LogP contribution in [0.1, 0.15) is 5.56 Å². The molecule has 0 aliphatic carbocycles. The minimum absolute atomic E-state index is 0.578. The first-order valence-corrected chi connectivity index (χ1v) is 3.60. The third-order valence-electron chi connectivity index (χ3n) is 1.49. The van der Waals surface area contributed by atoms with Gasteiger partial charge >= 0.3 is 0 Å². The summed E-state index contributed by atoms with van der Waals surface area (Å²) in [6.07, 6.45) is 3.62. The molecule has 0 aromatic carbocycles. The van der Waals surface area contributed by atoms with Gasteiger partial charge in [-0.2, -0.15) is 0 Å². The van der Waals surface area contributed by atoms with Gasteiger partial charge in [0.25, 0.3) is 0 Å². The zero-order chi connectivity index (χ0) is 8.10. The summed E-state index contributed by atoms with van der Waals surface area (Å²) >= 11 is 0. The lowest BCUT2D eigenvalue weighted by molar-refractivity contribution is 0.337. The van der Waals surface area contributed by atoms with Gasteiger partial charge in [-0.15, -0.1) is 0 Å². The van der Waals surface area contributed by atoms with E-state index >= 15 is 0 Å². The first-order chi connectivity index (χ1) is 5.33. The van der Waals surface area contributed by atoms with Gasteiger partial charge in [0.05, 0.1) is 0 Å². The molecule has 1 heterocycles. The van der Waals surface area contributed by atoms with Crippen molar-refractivity contribution >= 4 is 0 Å². The third-order valence-corrected chi connectivity index (χ3v) is 1.49. The fraction of sp³-hybridized carbons (Fsp3) is 0.375. The second-order valence-electron chi connectivity index (χ2n) is 2.56. The highest BCUT2D eigenvalue weighted by Gasteiger charge is 1.95. The number of rotatable bonds is 3. The number of hydrogen-bond donors (Lipinski definition) is 1. The minimum atomic E-state index is 0.578. The van der Waals surface area contributed by atoms with Crippen LogP contribution in [-0.2, 0) is 6.54 Å². The van der Waals surface area contributed by atoms with Crippen molar-refractivity contribution in [2.75, 3.05) is 13.7 Å². The van der Waals surface area contributed by atoms with Gasteiger partial charge in [0.15, 0.2) is 0 Å². The lowest BCUT2D eigenvalue weighted by atomic mass is 10.3. The summed E-state index contributed by atoms with van der Waals surface area (Å²) in [7, 11) is 1.98. The van der Waals surface area contributed by atoms with E-state index in [0.717, 1.165) is 6.54 Å². The van der Waals surface area contributed by atoms with Crippen LogP contribution >= 0.6 is 0 Å². The molecule has 0 aliphatic heterocycles. The molecular weight excluding hydrogens is 138 g/mol. The predicted molar refractivity (Wildman–Crippen MR) is 44.8 cm³/mol. The number of nitrogens with zero attached hydrogens (tertiary/aromatic N) is 2. The highest BCUT2D eigenvalue weighted by atomic mass is 15.1. The molecular formula is C8H13N3. The molecule has 1 aromatic rings. The zero-order valence-corrected chi connectivity index (χ0v) is 6.70. The molecule has 0 amide bonds. The molecule has 1 aromatic heterocycles. The van der Waals surface area contributed by atoms with Gasteiger partial charge in [0.2, 0.25) is 0 Å². The Balaban J connectivity index is 2.51. The van der Waals surface area contributed by atoms with E-state index in [2.05, 4.69) is 4.98 Å². The summed E-state index contributed by atoms with van der Waals surface area (Å²) in [4.78, 5) is 6.03. The van der Waals surface area contributed by atoms with Crippen molar-refractivity contribution in [3.05, 3.63) is 30.1 Å². The zero-order valence-electron chi connectivity index (χ0n) is 6.70. The van der Waals surface area contributed by atoms with E-state index < -0.39 is 0 Å². The normalized spacial score (nSPS) is 10.5. The van der Waals surface area contributed by atoms with Gasteiger partial charge in [-0.05, 0) is 18.7 Å². The molecule has 11 heavy (non-hydrogen) atoms. The van der Waals surface area contributed by atoms with Crippen molar-refractivity contribution < 1.29 is 0 Å². The lowest BCUT2D eigenvalue weighted by Gasteiger charge is -2.12. The molecule has 0 radical (unpaired) electrons. The molecule has 2 N–H and O–H groups in total. The standard InChI is InChI=1S/C8H13N3/c1-11(7-9)6-8-3-2-4-10-5-8/h2-5H,6-7,9H2,1H3. The Bertz CT molecular complexity index is 198. The van der Waals surface area contributed by atoms with E-state index in [1.54, 1.807) is 6.20 Å². The van der Waals surface area contributed by atoms with Crippen molar-refractivity contribution in [3.63, 3.8) is 0 Å². The largest absolute Gasteiger partial charge is 0.318 e. The molecule has 0 saturated carbocycles. The van der Waals surface area contributed by atoms with Crippen molar-refractivity contribution in [2.24, 2.45) is 5.73 Å². The van der Waals surface area contributed by atoms with Gasteiger partial charge in [-0.25, -0.2) is 0 Å². The SMILES string of the molecule is CN(CN)Cc1cccnc1. The van der Waals surface area contributed by atoms with Crippen LogP contribution in [0.5, 0.6) is 0 Å². The number of aromatic nitrogens is 1. The van der Waals surface area contributed by atoms with Crippen LogP contribution in [0.3, 0.4) is 0 Å². The lowest BCUT2D eigenvalue weighted by Crippen LogP contribution is -2.24. The number of pyridine rings is 1. The smallest absolute Gasteiger partial charge is 0.0455 e. The van der Waals surface area contributed by atoms with Crippen molar-refractivity contribution in [3.8, 4) is 0 Å².